The first-order valence-electron chi connectivity index (χ1n) is 14.1. The molecule has 0 bridgehead atoms. The lowest BCUT2D eigenvalue weighted by Gasteiger charge is -2.22. The standard InChI is InChI=1S/C36H36O9/c1-38-20-24-13-22-14-25(39-2)17-27(41-4)30(22)35(43-6)32(24)34(37)33-29(45-19-21-11-9-8-10-12-21)16-23-15-26(40-3)18-28(42-5)31(23)36(33)44-7/h8-18H,19-20H2,1-7H3. The molecule has 0 N–H and O–H groups in total. The molecule has 0 radical (unpaired) electrons. The lowest BCUT2D eigenvalue weighted by Crippen LogP contribution is -2.13. The summed E-state index contributed by atoms with van der Waals surface area (Å²) in [6.45, 7) is 0.341. The second-order valence-corrected chi connectivity index (χ2v) is 10.1. The van der Waals surface area contributed by atoms with Crippen molar-refractivity contribution in [3.63, 3.8) is 0 Å². The maximum absolute atomic E-state index is 15.0. The Morgan fingerprint density at radius 2 is 1.11 bits per heavy atom. The monoisotopic (exact) mass is 612 g/mol. The highest BCUT2D eigenvalue weighted by Gasteiger charge is 2.31. The quantitative estimate of drug-likeness (QED) is 0.130. The molecule has 0 heterocycles. The van der Waals surface area contributed by atoms with Crippen LogP contribution in [0, 0.1) is 0 Å². The Hall–Kier alpha value is -5.15. The predicted octanol–water partition coefficient (Wildman–Crippen LogP) is 7.00. The number of benzene rings is 5. The maximum Gasteiger partial charge on any atom is 0.204 e. The number of hydrogen-bond donors (Lipinski definition) is 0. The third-order valence-electron chi connectivity index (χ3n) is 7.62. The summed E-state index contributed by atoms with van der Waals surface area (Å²) in [4.78, 5) is 15.0. The first kappa shape index (κ1) is 31.3. The highest BCUT2D eigenvalue weighted by Crippen LogP contribution is 2.48. The van der Waals surface area contributed by atoms with Crippen LogP contribution in [0.15, 0.2) is 66.7 Å². The van der Waals surface area contributed by atoms with Crippen LogP contribution in [0.3, 0.4) is 0 Å². The molecule has 234 valence electrons. The first-order valence-corrected chi connectivity index (χ1v) is 14.1. The number of carbonyl (C=O) groups excluding carboxylic acids is 1. The van der Waals surface area contributed by atoms with Gasteiger partial charge in [-0.2, -0.15) is 0 Å². The van der Waals surface area contributed by atoms with E-state index in [0.29, 0.717) is 56.2 Å². The molecule has 0 amide bonds. The average molecular weight is 613 g/mol. The van der Waals surface area contributed by atoms with Gasteiger partial charge in [0.15, 0.2) is 0 Å². The fourth-order valence-corrected chi connectivity index (χ4v) is 5.59. The van der Waals surface area contributed by atoms with E-state index in [1.807, 2.05) is 48.5 Å². The van der Waals surface area contributed by atoms with Gasteiger partial charge in [-0.3, -0.25) is 4.79 Å². The summed E-state index contributed by atoms with van der Waals surface area (Å²) in [5.74, 6) is 2.67. The van der Waals surface area contributed by atoms with Crippen molar-refractivity contribution in [1.82, 2.24) is 0 Å². The van der Waals surface area contributed by atoms with Crippen LogP contribution in [0.5, 0.6) is 40.2 Å². The van der Waals surface area contributed by atoms with Crippen molar-refractivity contribution < 1.29 is 42.7 Å². The van der Waals surface area contributed by atoms with Crippen LogP contribution >= 0.6 is 0 Å². The van der Waals surface area contributed by atoms with Crippen molar-refractivity contribution in [2.45, 2.75) is 13.2 Å². The van der Waals surface area contributed by atoms with Crippen molar-refractivity contribution >= 4 is 27.3 Å². The number of carbonyl (C=O) groups is 1. The van der Waals surface area contributed by atoms with E-state index >= 15 is 4.79 Å². The van der Waals surface area contributed by atoms with Crippen molar-refractivity contribution in [2.75, 3.05) is 49.8 Å². The third-order valence-corrected chi connectivity index (χ3v) is 7.62. The molecule has 0 unspecified atom stereocenters. The Balaban J connectivity index is 1.85. The third kappa shape index (κ3) is 5.86. The molecule has 0 aromatic heterocycles. The molecular formula is C36H36O9. The number of hydrogen-bond acceptors (Lipinski definition) is 9. The van der Waals surface area contributed by atoms with E-state index in [4.69, 9.17) is 37.9 Å². The molecular weight excluding hydrogens is 576 g/mol. The predicted molar refractivity (Wildman–Crippen MR) is 172 cm³/mol. The second-order valence-electron chi connectivity index (χ2n) is 10.1. The Morgan fingerprint density at radius 3 is 1.62 bits per heavy atom. The molecule has 0 fully saturated rings. The van der Waals surface area contributed by atoms with Crippen LogP contribution in [0.4, 0.5) is 0 Å². The SMILES string of the molecule is COCc1cc2cc(OC)cc(OC)c2c(OC)c1C(=O)c1c(OCc2ccccc2)cc2cc(OC)cc(OC)c2c1OC. The van der Waals surface area contributed by atoms with E-state index in [-0.39, 0.29) is 30.1 Å². The molecule has 9 nitrogen and oxygen atoms in total. The van der Waals surface area contributed by atoms with Gasteiger partial charge in [-0.05, 0) is 46.2 Å². The Bertz CT molecular complexity index is 1850. The van der Waals surface area contributed by atoms with Crippen LogP contribution in [0.2, 0.25) is 0 Å². The van der Waals surface area contributed by atoms with Crippen molar-refractivity contribution in [1.29, 1.82) is 0 Å². The summed E-state index contributed by atoms with van der Waals surface area (Å²) in [6.07, 6.45) is 0. The zero-order valence-electron chi connectivity index (χ0n) is 26.4. The van der Waals surface area contributed by atoms with Crippen LogP contribution in [-0.4, -0.2) is 55.6 Å². The molecule has 0 saturated carbocycles. The van der Waals surface area contributed by atoms with Crippen LogP contribution in [0.25, 0.3) is 21.5 Å². The van der Waals surface area contributed by atoms with Crippen molar-refractivity contribution in [2.24, 2.45) is 0 Å². The van der Waals surface area contributed by atoms with E-state index < -0.39 is 5.78 Å². The van der Waals surface area contributed by atoms with Gasteiger partial charge >= 0.3 is 0 Å². The summed E-state index contributed by atoms with van der Waals surface area (Å²) in [5.41, 5.74) is 2.01. The highest BCUT2D eigenvalue weighted by molar-refractivity contribution is 6.20. The van der Waals surface area contributed by atoms with Gasteiger partial charge in [0.1, 0.15) is 52.4 Å². The molecule has 0 saturated heterocycles. The largest absolute Gasteiger partial charge is 0.497 e. The van der Waals surface area contributed by atoms with Gasteiger partial charge in [0.05, 0.1) is 65.6 Å². The summed E-state index contributed by atoms with van der Waals surface area (Å²) >= 11 is 0. The highest BCUT2D eigenvalue weighted by atomic mass is 16.5. The van der Waals surface area contributed by atoms with Crippen molar-refractivity contribution in [3.05, 3.63) is 89.0 Å². The molecule has 0 spiro atoms. The minimum atomic E-state index is -0.390. The van der Waals surface area contributed by atoms with Crippen molar-refractivity contribution in [3.8, 4) is 40.2 Å². The Kier molecular flexibility index (Phi) is 9.49. The van der Waals surface area contributed by atoms with E-state index in [9.17, 15) is 0 Å². The van der Waals surface area contributed by atoms with Gasteiger partial charge in [0.25, 0.3) is 0 Å². The van der Waals surface area contributed by atoms with Gasteiger partial charge in [0.2, 0.25) is 5.78 Å². The first-order chi connectivity index (χ1) is 21.9. The molecule has 0 atom stereocenters. The Labute approximate surface area is 262 Å². The fraction of sp³-hybridized carbons (Fsp3) is 0.250. The Morgan fingerprint density at radius 1 is 0.556 bits per heavy atom. The summed E-state index contributed by atoms with van der Waals surface area (Å²) < 4.78 is 46.5. The normalized spacial score (nSPS) is 10.9. The van der Waals surface area contributed by atoms with Gasteiger partial charge in [-0.1, -0.05) is 30.3 Å². The molecule has 5 aromatic carbocycles. The molecule has 0 aliphatic heterocycles. The lowest BCUT2D eigenvalue weighted by atomic mass is 9.90. The number of methoxy groups -OCH3 is 7. The number of fused-ring (bicyclic) bond motifs is 2. The molecule has 5 aromatic rings. The van der Waals surface area contributed by atoms with Crippen LogP contribution in [0.1, 0.15) is 27.0 Å². The summed E-state index contributed by atoms with van der Waals surface area (Å²) in [5, 5.41) is 2.66. The molecule has 0 aliphatic carbocycles. The summed E-state index contributed by atoms with van der Waals surface area (Å²) in [7, 11) is 10.9. The van der Waals surface area contributed by atoms with Gasteiger partial charge < -0.3 is 37.9 Å². The number of rotatable bonds is 13. The van der Waals surface area contributed by atoms with Crippen LogP contribution < -0.4 is 33.2 Å². The number of ether oxygens (including phenoxy) is 8. The lowest BCUT2D eigenvalue weighted by molar-refractivity contribution is 0.102. The zero-order valence-corrected chi connectivity index (χ0v) is 26.4. The van der Waals surface area contributed by atoms with Gasteiger partial charge in [-0.25, -0.2) is 0 Å². The van der Waals surface area contributed by atoms with E-state index in [1.165, 1.54) is 14.2 Å². The molecule has 5 rings (SSSR count). The minimum absolute atomic E-state index is 0.128. The zero-order chi connectivity index (χ0) is 32.1. The van der Waals surface area contributed by atoms with Gasteiger partial charge in [0, 0.05) is 19.2 Å². The molecule has 0 aliphatic rings. The fourth-order valence-electron chi connectivity index (χ4n) is 5.59. The van der Waals surface area contributed by atoms with E-state index in [2.05, 4.69) is 0 Å². The second kappa shape index (κ2) is 13.7. The average Bonchev–Trinajstić information content (AvgIpc) is 3.08. The van der Waals surface area contributed by atoms with E-state index in [0.717, 1.165) is 10.9 Å². The number of ketones is 1. The smallest absolute Gasteiger partial charge is 0.204 e. The maximum atomic E-state index is 15.0. The molecule has 45 heavy (non-hydrogen) atoms. The van der Waals surface area contributed by atoms with E-state index in [1.54, 1.807) is 53.7 Å². The van der Waals surface area contributed by atoms with Crippen LogP contribution in [-0.2, 0) is 18.0 Å². The van der Waals surface area contributed by atoms with Gasteiger partial charge in [-0.15, -0.1) is 0 Å². The summed E-state index contributed by atoms with van der Waals surface area (Å²) in [6, 6.07) is 20.6. The minimum Gasteiger partial charge on any atom is -0.497 e. The topological polar surface area (TPSA) is 90.9 Å². The molecule has 9 heteroatoms.